The molecule has 31 heavy (non-hydrogen) atoms. The molecular formula is C20H22Br2N2O6S. The topological polar surface area (TPSA) is 108 Å². The Bertz CT molecular complexity index is 905. The van der Waals surface area contributed by atoms with Crippen molar-refractivity contribution < 1.29 is 28.4 Å². The number of alkyl halides is 2. The number of ether oxygens (including phenoxy) is 2. The van der Waals surface area contributed by atoms with Gasteiger partial charge in [-0.15, -0.1) is 0 Å². The average molecular weight is 578 g/mol. The number of β-lactam (4-membered cyclic amide) rings is 1. The van der Waals surface area contributed by atoms with Crippen LogP contribution in [0.5, 0.6) is 5.75 Å². The molecule has 0 spiro atoms. The lowest BCUT2D eigenvalue weighted by Gasteiger charge is -2.50. The predicted molar refractivity (Wildman–Crippen MR) is 122 cm³/mol. The maximum Gasteiger partial charge on any atom is 0.355 e. The summed E-state index contributed by atoms with van der Waals surface area (Å²) in [7, 11) is 0. The van der Waals surface area contributed by atoms with Gasteiger partial charge < -0.3 is 19.3 Å². The van der Waals surface area contributed by atoms with Crippen LogP contribution in [0.25, 0.3) is 0 Å². The van der Waals surface area contributed by atoms with Crippen LogP contribution in [0.4, 0.5) is 0 Å². The van der Waals surface area contributed by atoms with Gasteiger partial charge in [0.15, 0.2) is 16.8 Å². The molecule has 1 aromatic carbocycles. The maximum atomic E-state index is 13.0. The highest BCUT2D eigenvalue weighted by molar-refractivity contribution is 9.11. The Kier molecular flexibility index (Phi) is 7.39. The number of hydrogen-bond donors (Lipinski definition) is 1. The monoisotopic (exact) mass is 576 g/mol. The number of carbonyl (C=O) groups is 3. The van der Waals surface area contributed by atoms with Gasteiger partial charge in [-0.2, -0.15) is 0 Å². The Labute approximate surface area is 200 Å². The fraction of sp³-hybridized carbons (Fsp3) is 0.450. The molecule has 0 aromatic heterocycles. The summed E-state index contributed by atoms with van der Waals surface area (Å²) < 4.78 is 23.2. The zero-order valence-corrected chi connectivity index (χ0v) is 21.1. The Balaban J connectivity index is 1.76. The molecule has 11 heteroatoms. The van der Waals surface area contributed by atoms with Crippen molar-refractivity contribution in [3.05, 3.63) is 41.6 Å². The van der Waals surface area contributed by atoms with E-state index in [9.17, 15) is 18.9 Å². The summed E-state index contributed by atoms with van der Waals surface area (Å²) in [5.74, 6) is -1.22. The van der Waals surface area contributed by atoms with Crippen molar-refractivity contribution >= 4 is 60.8 Å². The van der Waals surface area contributed by atoms with Gasteiger partial charge in [-0.25, -0.2) is 4.79 Å². The quantitative estimate of drug-likeness (QED) is 0.240. The second kappa shape index (κ2) is 9.51. The molecule has 0 aliphatic carbocycles. The summed E-state index contributed by atoms with van der Waals surface area (Å²) >= 11 is 5.08. The smallest absolute Gasteiger partial charge is 0.355 e. The molecule has 2 aliphatic heterocycles. The third-order valence-electron chi connectivity index (χ3n) is 4.47. The van der Waals surface area contributed by atoms with E-state index < -0.39 is 50.1 Å². The zero-order chi connectivity index (χ0) is 22.9. The van der Waals surface area contributed by atoms with Crippen molar-refractivity contribution in [1.82, 2.24) is 10.2 Å². The summed E-state index contributed by atoms with van der Waals surface area (Å²) in [5, 5.41) is 1.91. The summed E-state index contributed by atoms with van der Waals surface area (Å²) in [6.07, 6.45) is 0. The standard InChI is InChI=1S/C20H22Br2N2O6S/c1-20(2,3)30-19(27)15-12(9-21)16(22)31(28)18-14(17(26)24(15)18)23-13(25)10-29-11-7-5-4-6-8-11/h4-8,14,16,18H,9-10H2,1-3H3,(H,23,25)/t14?,16?,18-,31?/m0/s1. The molecule has 8 nitrogen and oxygen atoms in total. The number of amides is 2. The summed E-state index contributed by atoms with van der Waals surface area (Å²) in [6, 6.07) is 7.74. The van der Waals surface area contributed by atoms with Crippen LogP contribution in [0.1, 0.15) is 20.8 Å². The third-order valence-corrected chi connectivity index (χ3v) is 8.38. The van der Waals surface area contributed by atoms with E-state index in [0.29, 0.717) is 11.3 Å². The Morgan fingerprint density at radius 3 is 2.48 bits per heavy atom. The van der Waals surface area contributed by atoms with Crippen molar-refractivity contribution in [3.63, 3.8) is 0 Å². The Hall–Kier alpha value is -1.56. The number of nitrogens with one attached hydrogen (secondary N) is 1. The second-order valence-electron chi connectivity index (χ2n) is 7.90. The van der Waals surface area contributed by atoms with Gasteiger partial charge in [-0.1, -0.05) is 34.1 Å². The number of benzene rings is 1. The Morgan fingerprint density at radius 2 is 1.90 bits per heavy atom. The van der Waals surface area contributed by atoms with E-state index in [-0.39, 0.29) is 17.6 Å². The minimum atomic E-state index is -1.60. The van der Waals surface area contributed by atoms with Crippen LogP contribution in [0.2, 0.25) is 0 Å². The van der Waals surface area contributed by atoms with Crippen molar-refractivity contribution in [1.29, 1.82) is 0 Å². The molecule has 1 aromatic rings. The van der Waals surface area contributed by atoms with E-state index in [1.54, 1.807) is 45.0 Å². The number of hydrogen-bond acceptors (Lipinski definition) is 6. The molecule has 0 saturated carbocycles. The fourth-order valence-electron chi connectivity index (χ4n) is 3.16. The first kappa shape index (κ1) is 24.1. The zero-order valence-electron chi connectivity index (χ0n) is 17.1. The van der Waals surface area contributed by atoms with Gasteiger partial charge >= 0.3 is 5.97 Å². The van der Waals surface area contributed by atoms with Gasteiger partial charge in [0.2, 0.25) is 5.37 Å². The molecule has 3 unspecified atom stereocenters. The van der Waals surface area contributed by atoms with Gasteiger partial charge in [0.25, 0.3) is 11.8 Å². The number of rotatable bonds is 6. The molecule has 3 rings (SSSR count). The fourth-order valence-corrected chi connectivity index (χ4v) is 7.03. The van der Waals surface area contributed by atoms with Crippen molar-refractivity contribution in [2.75, 3.05) is 11.9 Å². The number of fused-ring (bicyclic) bond motifs is 1. The van der Waals surface area contributed by atoms with Crippen LogP contribution < -0.4 is 10.1 Å². The van der Waals surface area contributed by atoms with Crippen molar-refractivity contribution in [2.45, 2.75) is 41.9 Å². The third kappa shape index (κ3) is 5.10. The largest absolute Gasteiger partial charge is 0.614 e. The molecule has 1 N–H and O–H groups in total. The van der Waals surface area contributed by atoms with Gasteiger partial charge in [0.1, 0.15) is 17.0 Å². The molecule has 1 fully saturated rings. The lowest BCUT2D eigenvalue weighted by atomic mass is 10.0. The summed E-state index contributed by atoms with van der Waals surface area (Å²) in [6.45, 7) is 4.86. The first-order valence-electron chi connectivity index (χ1n) is 9.41. The van der Waals surface area contributed by atoms with E-state index in [4.69, 9.17) is 9.47 Å². The summed E-state index contributed by atoms with van der Waals surface area (Å²) in [4.78, 5) is 39.2. The maximum absolute atomic E-state index is 13.0. The van der Waals surface area contributed by atoms with Crippen LogP contribution in [0.3, 0.4) is 0 Å². The van der Waals surface area contributed by atoms with Crippen LogP contribution in [-0.4, -0.2) is 60.3 Å². The highest BCUT2D eigenvalue weighted by Crippen LogP contribution is 2.43. The average Bonchev–Trinajstić information content (AvgIpc) is 2.71. The normalized spacial score (nSPS) is 25.5. The van der Waals surface area contributed by atoms with E-state index >= 15 is 0 Å². The molecule has 2 amide bonds. The van der Waals surface area contributed by atoms with Crippen LogP contribution in [0.15, 0.2) is 41.6 Å². The number of para-hydroxylation sites is 1. The molecule has 2 aliphatic rings. The van der Waals surface area contributed by atoms with Gasteiger partial charge in [-0.05, 0) is 60.0 Å². The minimum absolute atomic E-state index is 0.0503. The molecular weight excluding hydrogens is 556 g/mol. The second-order valence-corrected chi connectivity index (χ2v) is 11.6. The van der Waals surface area contributed by atoms with Gasteiger partial charge in [-0.3, -0.25) is 14.5 Å². The van der Waals surface area contributed by atoms with E-state index in [0.717, 1.165) is 0 Å². The highest BCUT2D eigenvalue weighted by Gasteiger charge is 2.63. The van der Waals surface area contributed by atoms with Crippen LogP contribution in [0, 0.1) is 0 Å². The molecule has 0 bridgehead atoms. The molecule has 1 saturated heterocycles. The van der Waals surface area contributed by atoms with Crippen molar-refractivity contribution in [2.24, 2.45) is 0 Å². The molecule has 0 radical (unpaired) electrons. The highest BCUT2D eigenvalue weighted by atomic mass is 79.9. The number of carbonyl (C=O) groups excluding carboxylic acids is 3. The number of esters is 1. The van der Waals surface area contributed by atoms with E-state index in [1.165, 1.54) is 4.90 Å². The first-order valence-corrected chi connectivity index (χ1v) is 12.7. The minimum Gasteiger partial charge on any atom is -0.614 e. The van der Waals surface area contributed by atoms with Crippen molar-refractivity contribution in [3.8, 4) is 5.75 Å². The predicted octanol–water partition coefficient (Wildman–Crippen LogP) is 2.19. The molecule has 168 valence electrons. The molecule has 4 atom stereocenters. The van der Waals surface area contributed by atoms with Gasteiger partial charge in [0, 0.05) is 10.9 Å². The van der Waals surface area contributed by atoms with E-state index in [1.807, 2.05) is 6.07 Å². The first-order chi connectivity index (χ1) is 14.5. The Morgan fingerprint density at radius 1 is 1.26 bits per heavy atom. The molecule has 2 heterocycles. The SMILES string of the molecule is CC(C)(C)OC(=O)C1=C(CBr)C(Br)[S+]([O-])[C@H]2C(NC(=O)COc3ccccc3)C(=O)N12. The van der Waals surface area contributed by atoms with E-state index in [2.05, 4.69) is 37.2 Å². The van der Waals surface area contributed by atoms with Gasteiger partial charge in [0.05, 0.1) is 0 Å². The number of nitrogens with zero attached hydrogens (tertiary/aromatic N) is 1. The number of halogens is 2. The van der Waals surface area contributed by atoms with Crippen LogP contribution >= 0.6 is 31.9 Å². The summed E-state index contributed by atoms with van der Waals surface area (Å²) in [5.41, 5.74) is -0.269. The lowest BCUT2D eigenvalue weighted by Crippen LogP contribution is -2.75. The lowest BCUT2D eigenvalue weighted by molar-refractivity contribution is -0.159. The van der Waals surface area contributed by atoms with Crippen LogP contribution in [-0.2, 0) is 30.3 Å².